The fourth-order valence-corrected chi connectivity index (χ4v) is 3.44. The lowest BCUT2D eigenvalue weighted by atomic mass is 9.76. The molecule has 19 heavy (non-hydrogen) atoms. The number of likely N-dealkylation sites (tertiary alicyclic amines) is 1. The van der Waals surface area contributed by atoms with Crippen LogP contribution in [0.25, 0.3) is 0 Å². The third kappa shape index (κ3) is 2.61. The van der Waals surface area contributed by atoms with Crippen LogP contribution in [-0.2, 0) is 9.59 Å². The lowest BCUT2D eigenvalue weighted by Crippen LogP contribution is -2.49. The number of nitrogens with zero attached hydrogens (tertiary/aromatic N) is 1. The van der Waals surface area contributed by atoms with Crippen LogP contribution in [0.2, 0.25) is 0 Å². The molecule has 0 radical (unpaired) electrons. The van der Waals surface area contributed by atoms with E-state index in [0.29, 0.717) is 25.4 Å². The van der Waals surface area contributed by atoms with Crippen molar-refractivity contribution < 1.29 is 9.59 Å². The molecule has 2 aliphatic rings. The van der Waals surface area contributed by atoms with Gasteiger partial charge in [0.2, 0.25) is 11.8 Å². The molecule has 2 fully saturated rings. The Morgan fingerprint density at radius 2 is 2.00 bits per heavy atom. The summed E-state index contributed by atoms with van der Waals surface area (Å²) in [4.78, 5) is 25.9. The molecule has 1 aliphatic heterocycles. The van der Waals surface area contributed by atoms with E-state index >= 15 is 0 Å². The van der Waals surface area contributed by atoms with E-state index in [-0.39, 0.29) is 23.8 Å². The number of hydrogen-bond donors (Lipinski definition) is 2. The Kier molecular flexibility index (Phi) is 3.85. The zero-order valence-electron chi connectivity index (χ0n) is 11.9. The van der Waals surface area contributed by atoms with Crippen LogP contribution in [0.1, 0.15) is 39.5 Å². The SMILES string of the molecule is CC1CCCC(N)C1C(=O)N1CCC(C)(C(N)=O)C1. The predicted molar refractivity (Wildman–Crippen MR) is 73.0 cm³/mol. The summed E-state index contributed by atoms with van der Waals surface area (Å²) in [5.74, 6) is 0.0362. The molecule has 2 amide bonds. The second-order valence-electron chi connectivity index (χ2n) is 6.53. The Morgan fingerprint density at radius 3 is 2.53 bits per heavy atom. The highest BCUT2D eigenvalue weighted by molar-refractivity contribution is 5.85. The molecule has 5 heteroatoms. The largest absolute Gasteiger partial charge is 0.369 e. The van der Waals surface area contributed by atoms with E-state index in [2.05, 4.69) is 6.92 Å². The number of carbonyl (C=O) groups excluding carboxylic acids is 2. The van der Waals surface area contributed by atoms with Crippen LogP contribution in [0, 0.1) is 17.3 Å². The van der Waals surface area contributed by atoms with Crippen LogP contribution in [-0.4, -0.2) is 35.8 Å². The van der Waals surface area contributed by atoms with Crippen molar-refractivity contribution in [2.75, 3.05) is 13.1 Å². The van der Waals surface area contributed by atoms with Gasteiger partial charge in [-0.05, 0) is 32.1 Å². The molecule has 1 saturated carbocycles. The van der Waals surface area contributed by atoms with Crippen molar-refractivity contribution in [3.05, 3.63) is 0 Å². The summed E-state index contributed by atoms with van der Waals surface area (Å²) in [6, 6.07) is -0.0447. The van der Waals surface area contributed by atoms with E-state index in [1.54, 1.807) is 4.90 Å². The molecule has 2 rings (SSSR count). The molecule has 4 unspecified atom stereocenters. The molecule has 0 spiro atoms. The quantitative estimate of drug-likeness (QED) is 0.762. The van der Waals surface area contributed by atoms with Crippen LogP contribution < -0.4 is 11.5 Å². The molecule has 1 heterocycles. The van der Waals surface area contributed by atoms with Crippen LogP contribution in [0.4, 0.5) is 0 Å². The summed E-state index contributed by atoms with van der Waals surface area (Å²) < 4.78 is 0. The van der Waals surface area contributed by atoms with Crippen molar-refractivity contribution in [1.29, 1.82) is 0 Å². The highest BCUT2D eigenvalue weighted by atomic mass is 16.2. The van der Waals surface area contributed by atoms with Crippen molar-refractivity contribution in [1.82, 2.24) is 4.90 Å². The molecule has 1 saturated heterocycles. The van der Waals surface area contributed by atoms with Gasteiger partial charge in [0.1, 0.15) is 0 Å². The standard InChI is InChI=1S/C14H25N3O2/c1-9-4-3-5-10(15)11(9)12(18)17-7-6-14(2,8-17)13(16)19/h9-11H,3-8,15H2,1-2H3,(H2,16,19). The summed E-state index contributed by atoms with van der Waals surface area (Å²) in [7, 11) is 0. The highest BCUT2D eigenvalue weighted by Gasteiger charge is 2.44. The zero-order chi connectivity index (χ0) is 14.2. The summed E-state index contributed by atoms with van der Waals surface area (Å²) in [6.45, 7) is 5.00. The van der Waals surface area contributed by atoms with E-state index in [0.717, 1.165) is 19.3 Å². The van der Waals surface area contributed by atoms with Gasteiger partial charge >= 0.3 is 0 Å². The van der Waals surface area contributed by atoms with Crippen molar-refractivity contribution in [2.45, 2.75) is 45.6 Å². The normalized spacial score (nSPS) is 39.3. The van der Waals surface area contributed by atoms with Gasteiger partial charge in [0, 0.05) is 19.1 Å². The molecule has 0 aromatic rings. The minimum atomic E-state index is -0.572. The maximum Gasteiger partial charge on any atom is 0.227 e. The van der Waals surface area contributed by atoms with Crippen LogP contribution >= 0.6 is 0 Å². The number of amides is 2. The van der Waals surface area contributed by atoms with Gasteiger partial charge in [0.05, 0.1) is 11.3 Å². The molecule has 1 aliphatic carbocycles. The fraction of sp³-hybridized carbons (Fsp3) is 0.857. The van der Waals surface area contributed by atoms with Crippen molar-refractivity contribution in [3.8, 4) is 0 Å². The average Bonchev–Trinajstić information content (AvgIpc) is 2.73. The van der Waals surface area contributed by atoms with E-state index in [4.69, 9.17) is 11.5 Å². The minimum absolute atomic E-state index is 0.0447. The highest BCUT2D eigenvalue weighted by Crippen LogP contribution is 2.35. The Hall–Kier alpha value is -1.10. The molecule has 108 valence electrons. The van der Waals surface area contributed by atoms with Gasteiger partial charge in [-0.25, -0.2) is 0 Å². The van der Waals surface area contributed by atoms with Crippen molar-refractivity contribution in [3.63, 3.8) is 0 Å². The first kappa shape index (κ1) is 14.3. The molecule has 4 N–H and O–H groups in total. The molecule has 0 bridgehead atoms. The molecule has 0 aromatic carbocycles. The molecule has 4 atom stereocenters. The first-order valence-corrected chi connectivity index (χ1v) is 7.19. The van der Waals surface area contributed by atoms with E-state index in [1.165, 1.54) is 0 Å². The third-order valence-electron chi connectivity index (χ3n) is 4.94. The lowest BCUT2D eigenvalue weighted by molar-refractivity contribution is -0.138. The molecular weight excluding hydrogens is 242 g/mol. The Labute approximate surface area is 114 Å². The Balaban J connectivity index is 2.06. The van der Waals surface area contributed by atoms with Gasteiger partial charge < -0.3 is 16.4 Å². The van der Waals surface area contributed by atoms with Gasteiger partial charge in [-0.1, -0.05) is 13.3 Å². The zero-order valence-corrected chi connectivity index (χ0v) is 11.9. The van der Waals surface area contributed by atoms with E-state index < -0.39 is 5.41 Å². The number of carbonyl (C=O) groups is 2. The third-order valence-corrected chi connectivity index (χ3v) is 4.94. The van der Waals surface area contributed by atoms with E-state index in [9.17, 15) is 9.59 Å². The second-order valence-corrected chi connectivity index (χ2v) is 6.53. The Bertz CT molecular complexity index is 375. The smallest absolute Gasteiger partial charge is 0.227 e. The van der Waals surface area contributed by atoms with Gasteiger partial charge in [-0.15, -0.1) is 0 Å². The van der Waals surface area contributed by atoms with Crippen LogP contribution in [0.3, 0.4) is 0 Å². The first-order chi connectivity index (χ1) is 8.85. The summed E-state index contributed by atoms with van der Waals surface area (Å²) in [5, 5.41) is 0. The Morgan fingerprint density at radius 1 is 1.32 bits per heavy atom. The van der Waals surface area contributed by atoms with Crippen molar-refractivity contribution in [2.24, 2.45) is 28.7 Å². The topological polar surface area (TPSA) is 89.4 Å². The van der Waals surface area contributed by atoms with Gasteiger partial charge in [0.25, 0.3) is 0 Å². The number of primary amides is 1. The number of rotatable bonds is 2. The van der Waals surface area contributed by atoms with Crippen LogP contribution in [0.15, 0.2) is 0 Å². The monoisotopic (exact) mass is 267 g/mol. The number of nitrogens with two attached hydrogens (primary N) is 2. The summed E-state index contributed by atoms with van der Waals surface area (Å²) >= 11 is 0. The summed E-state index contributed by atoms with van der Waals surface area (Å²) in [5.41, 5.74) is 11.0. The van der Waals surface area contributed by atoms with Crippen LogP contribution in [0.5, 0.6) is 0 Å². The van der Waals surface area contributed by atoms with Gasteiger partial charge in [0.15, 0.2) is 0 Å². The van der Waals surface area contributed by atoms with Gasteiger partial charge in [-0.2, -0.15) is 0 Å². The van der Waals surface area contributed by atoms with Crippen molar-refractivity contribution >= 4 is 11.8 Å². The first-order valence-electron chi connectivity index (χ1n) is 7.19. The lowest BCUT2D eigenvalue weighted by Gasteiger charge is -2.36. The fourth-order valence-electron chi connectivity index (χ4n) is 3.44. The molecule has 0 aromatic heterocycles. The summed E-state index contributed by atoms with van der Waals surface area (Å²) in [6.07, 6.45) is 3.74. The van der Waals surface area contributed by atoms with E-state index in [1.807, 2.05) is 6.92 Å². The predicted octanol–water partition coefficient (Wildman–Crippen LogP) is 0.474. The molecular formula is C14H25N3O2. The maximum absolute atomic E-state index is 12.6. The number of hydrogen-bond acceptors (Lipinski definition) is 3. The average molecular weight is 267 g/mol. The second kappa shape index (κ2) is 5.12. The minimum Gasteiger partial charge on any atom is -0.369 e. The van der Waals surface area contributed by atoms with Gasteiger partial charge in [-0.3, -0.25) is 9.59 Å². The maximum atomic E-state index is 12.6. The molecule has 5 nitrogen and oxygen atoms in total.